The number of halogens is 2. The standard InChI is InChI=1S/C17H15Cl2NO6S/c1-25-16(21)10-20(14-8-7-11(18)9-13(14)19)27(23,24)15-6-4-3-5-12(15)17(22)26-2/h3-9H,10H2,1-2H3. The molecule has 7 nitrogen and oxygen atoms in total. The maximum atomic E-state index is 13.3. The van der Waals surface area contributed by atoms with E-state index in [0.717, 1.165) is 18.5 Å². The van der Waals surface area contributed by atoms with E-state index >= 15 is 0 Å². The van der Waals surface area contributed by atoms with E-state index in [2.05, 4.69) is 9.47 Å². The van der Waals surface area contributed by atoms with Crippen molar-refractivity contribution in [2.24, 2.45) is 0 Å². The number of anilines is 1. The van der Waals surface area contributed by atoms with Gasteiger partial charge in [0.05, 0.1) is 30.5 Å². The van der Waals surface area contributed by atoms with Crippen LogP contribution in [0.4, 0.5) is 5.69 Å². The van der Waals surface area contributed by atoms with Gasteiger partial charge in [-0.05, 0) is 30.3 Å². The van der Waals surface area contributed by atoms with Gasteiger partial charge >= 0.3 is 11.9 Å². The first-order valence-electron chi connectivity index (χ1n) is 7.44. The van der Waals surface area contributed by atoms with Crippen molar-refractivity contribution in [2.75, 3.05) is 25.1 Å². The van der Waals surface area contributed by atoms with Crippen molar-refractivity contribution in [1.29, 1.82) is 0 Å². The van der Waals surface area contributed by atoms with Crippen LogP contribution in [0.1, 0.15) is 10.4 Å². The number of methoxy groups -OCH3 is 2. The zero-order chi connectivity index (χ0) is 20.2. The van der Waals surface area contributed by atoms with Crippen LogP contribution in [0.15, 0.2) is 47.4 Å². The lowest BCUT2D eigenvalue weighted by Crippen LogP contribution is -2.37. The molecule has 144 valence electrons. The summed E-state index contributed by atoms with van der Waals surface area (Å²) in [6, 6.07) is 9.59. The van der Waals surface area contributed by atoms with Gasteiger partial charge in [0.2, 0.25) is 0 Å². The van der Waals surface area contributed by atoms with Crippen LogP contribution in [0.25, 0.3) is 0 Å². The lowest BCUT2D eigenvalue weighted by Gasteiger charge is -2.25. The number of carbonyl (C=O) groups excluding carboxylic acids is 2. The van der Waals surface area contributed by atoms with Crippen LogP contribution < -0.4 is 4.31 Å². The summed E-state index contributed by atoms with van der Waals surface area (Å²) in [6.45, 7) is -0.657. The van der Waals surface area contributed by atoms with Gasteiger partial charge in [0.1, 0.15) is 11.4 Å². The maximum Gasteiger partial charge on any atom is 0.339 e. The van der Waals surface area contributed by atoms with Crippen molar-refractivity contribution < 1.29 is 27.5 Å². The summed E-state index contributed by atoms with van der Waals surface area (Å²) in [6.07, 6.45) is 0. The number of carbonyl (C=O) groups is 2. The second-order valence-electron chi connectivity index (χ2n) is 5.17. The summed E-state index contributed by atoms with van der Waals surface area (Å²) in [7, 11) is -2.12. The van der Waals surface area contributed by atoms with Crippen LogP contribution in [0, 0.1) is 0 Å². The van der Waals surface area contributed by atoms with Gasteiger partial charge in [-0.1, -0.05) is 35.3 Å². The quantitative estimate of drug-likeness (QED) is 0.652. The van der Waals surface area contributed by atoms with Gasteiger partial charge in [0, 0.05) is 5.02 Å². The predicted molar refractivity (Wildman–Crippen MR) is 101 cm³/mol. The Balaban J connectivity index is 2.68. The second kappa shape index (κ2) is 8.60. The van der Waals surface area contributed by atoms with E-state index in [-0.39, 0.29) is 26.2 Å². The van der Waals surface area contributed by atoms with Crippen LogP contribution in [-0.4, -0.2) is 41.1 Å². The van der Waals surface area contributed by atoms with Crippen molar-refractivity contribution >= 4 is 50.9 Å². The fraction of sp³-hybridized carbons (Fsp3) is 0.176. The zero-order valence-corrected chi connectivity index (χ0v) is 16.6. The summed E-state index contributed by atoms with van der Waals surface area (Å²) in [5, 5.41) is 0.291. The number of nitrogens with zero attached hydrogens (tertiary/aromatic N) is 1. The molecule has 10 heteroatoms. The Bertz CT molecular complexity index is 977. The zero-order valence-electron chi connectivity index (χ0n) is 14.3. The maximum absolute atomic E-state index is 13.3. The summed E-state index contributed by atoms with van der Waals surface area (Å²) < 4.78 is 36.5. The topological polar surface area (TPSA) is 90.0 Å². The van der Waals surface area contributed by atoms with Crippen molar-refractivity contribution in [1.82, 2.24) is 0 Å². The summed E-state index contributed by atoms with van der Waals surface area (Å²) in [5.74, 6) is -1.66. The monoisotopic (exact) mass is 431 g/mol. The first-order valence-corrected chi connectivity index (χ1v) is 9.64. The minimum Gasteiger partial charge on any atom is -0.468 e. The number of rotatable bonds is 6. The van der Waals surface area contributed by atoms with Crippen molar-refractivity contribution in [3.05, 3.63) is 58.1 Å². The lowest BCUT2D eigenvalue weighted by molar-refractivity contribution is -0.138. The molecule has 0 aliphatic carbocycles. The predicted octanol–water partition coefficient (Wildman–Crippen LogP) is 3.15. The molecule has 0 aliphatic heterocycles. The molecule has 0 aliphatic rings. The Kier molecular flexibility index (Phi) is 6.69. The fourth-order valence-corrected chi connectivity index (χ4v) is 4.43. The highest BCUT2D eigenvalue weighted by Crippen LogP contribution is 2.33. The molecule has 0 N–H and O–H groups in total. The van der Waals surface area contributed by atoms with Crippen molar-refractivity contribution in [3.8, 4) is 0 Å². The molecule has 0 saturated carbocycles. The fourth-order valence-electron chi connectivity index (χ4n) is 2.25. The average molecular weight is 432 g/mol. The molecule has 0 saturated heterocycles. The van der Waals surface area contributed by atoms with Gasteiger partial charge in [-0.25, -0.2) is 13.2 Å². The first-order chi connectivity index (χ1) is 12.7. The van der Waals surface area contributed by atoms with E-state index in [4.69, 9.17) is 23.2 Å². The minimum absolute atomic E-state index is 0.00512. The lowest BCUT2D eigenvalue weighted by atomic mass is 10.2. The van der Waals surface area contributed by atoms with E-state index < -0.39 is 28.5 Å². The largest absolute Gasteiger partial charge is 0.468 e. The SMILES string of the molecule is COC(=O)CN(c1ccc(Cl)cc1Cl)S(=O)(=O)c1ccccc1C(=O)OC. The van der Waals surface area contributed by atoms with Crippen LogP contribution >= 0.6 is 23.2 Å². The summed E-state index contributed by atoms with van der Waals surface area (Å²) in [5.41, 5.74) is -0.175. The number of sulfonamides is 1. The van der Waals surface area contributed by atoms with Gasteiger partial charge in [-0.15, -0.1) is 0 Å². The molecule has 0 heterocycles. The molecule has 0 atom stereocenters. The molecule has 2 aromatic carbocycles. The van der Waals surface area contributed by atoms with Gasteiger partial charge < -0.3 is 9.47 Å². The van der Waals surface area contributed by atoms with Gasteiger partial charge in [-0.3, -0.25) is 9.10 Å². The smallest absolute Gasteiger partial charge is 0.339 e. The summed E-state index contributed by atoms with van der Waals surface area (Å²) >= 11 is 12.0. The molecular formula is C17H15Cl2NO6S. The first kappa shape index (κ1) is 21.0. The molecule has 0 unspecified atom stereocenters. The highest BCUT2D eigenvalue weighted by molar-refractivity contribution is 7.93. The molecule has 0 radical (unpaired) electrons. The third-order valence-electron chi connectivity index (χ3n) is 3.54. The molecule has 0 bridgehead atoms. The number of hydrogen-bond donors (Lipinski definition) is 0. The van der Waals surface area contributed by atoms with Crippen LogP contribution in [0.5, 0.6) is 0 Å². The van der Waals surface area contributed by atoms with Crippen LogP contribution in [0.3, 0.4) is 0 Å². The van der Waals surface area contributed by atoms with E-state index in [9.17, 15) is 18.0 Å². The summed E-state index contributed by atoms with van der Waals surface area (Å²) in [4.78, 5) is 23.5. The van der Waals surface area contributed by atoms with Crippen molar-refractivity contribution in [3.63, 3.8) is 0 Å². The number of ether oxygens (including phenoxy) is 2. The van der Waals surface area contributed by atoms with Gasteiger partial charge in [-0.2, -0.15) is 0 Å². The van der Waals surface area contributed by atoms with Gasteiger partial charge in [0.25, 0.3) is 10.0 Å². The Hall–Kier alpha value is -2.29. The Morgan fingerprint density at radius 1 is 1.04 bits per heavy atom. The number of esters is 2. The normalized spacial score (nSPS) is 11.0. The molecule has 0 spiro atoms. The van der Waals surface area contributed by atoms with E-state index in [1.807, 2.05) is 0 Å². The average Bonchev–Trinajstić information content (AvgIpc) is 2.65. The van der Waals surface area contributed by atoms with E-state index in [1.165, 1.54) is 42.5 Å². The minimum atomic E-state index is -4.38. The third kappa shape index (κ3) is 4.52. The highest BCUT2D eigenvalue weighted by Gasteiger charge is 2.32. The number of hydrogen-bond acceptors (Lipinski definition) is 6. The molecule has 0 fully saturated rings. The number of benzene rings is 2. The van der Waals surface area contributed by atoms with Gasteiger partial charge in [0.15, 0.2) is 0 Å². The molecule has 0 aromatic heterocycles. The van der Waals surface area contributed by atoms with E-state index in [0.29, 0.717) is 0 Å². The Morgan fingerprint density at radius 2 is 1.70 bits per heavy atom. The molecule has 2 aromatic rings. The Morgan fingerprint density at radius 3 is 2.30 bits per heavy atom. The highest BCUT2D eigenvalue weighted by atomic mass is 35.5. The molecule has 27 heavy (non-hydrogen) atoms. The van der Waals surface area contributed by atoms with Crippen molar-refractivity contribution in [2.45, 2.75) is 4.90 Å². The molecular weight excluding hydrogens is 417 g/mol. The molecule has 2 rings (SSSR count). The van der Waals surface area contributed by atoms with Crippen LogP contribution in [0.2, 0.25) is 10.0 Å². The molecule has 0 amide bonds. The third-order valence-corrected chi connectivity index (χ3v) is 5.89. The van der Waals surface area contributed by atoms with E-state index in [1.54, 1.807) is 0 Å². The van der Waals surface area contributed by atoms with Crippen LogP contribution in [-0.2, 0) is 24.3 Å². The Labute approximate surface area is 166 Å². The second-order valence-corrected chi connectivity index (χ2v) is 7.85.